The van der Waals surface area contributed by atoms with Crippen molar-refractivity contribution >= 4 is 0 Å². The molecule has 3 nitrogen and oxygen atoms in total. The Hall–Kier alpha value is -0.120. The van der Waals surface area contributed by atoms with E-state index in [0.717, 1.165) is 12.0 Å². The molecule has 2 aliphatic heterocycles. The van der Waals surface area contributed by atoms with E-state index in [1.165, 1.54) is 77.8 Å². The maximum atomic E-state index is 3.71. The van der Waals surface area contributed by atoms with Gasteiger partial charge in [-0.05, 0) is 77.8 Å². The van der Waals surface area contributed by atoms with Crippen molar-refractivity contribution in [3.05, 3.63) is 0 Å². The minimum Gasteiger partial charge on any atom is -0.313 e. The summed E-state index contributed by atoms with van der Waals surface area (Å²) in [5.41, 5.74) is 0. The molecule has 0 amide bonds. The van der Waals surface area contributed by atoms with Crippen LogP contribution in [0.2, 0.25) is 0 Å². The fourth-order valence-corrected chi connectivity index (χ4v) is 3.54. The van der Waals surface area contributed by atoms with Crippen molar-refractivity contribution in [3.8, 4) is 0 Å². The SMILES string of the molecule is CCCC1CN(CCC2CCN(C)CC2)CCCN1. The topological polar surface area (TPSA) is 18.5 Å². The number of piperidine rings is 1. The van der Waals surface area contributed by atoms with Crippen LogP contribution >= 0.6 is 0 Å². The summed E-state index contributed by atoms with van der Waals surface area (Å²) in [6, 6.07) is 0.741. The van der Waals surface area contributed by atoms with E-state index in [1.807, 2.05) is 0 Å². The number of hydrogen-bond acceptors (Lipinski definition) is 3. The highest BCUT2D eigenvalue weighted by atomic mass is 15.2. The van der Waals surface area contributed by atoms with Gasteiger partial charge in [-0.15, -0.1) is 0 Å². The Kier molecular flexibility index (Phi) is 6.62. The minimum absolute atomic E-state index is 0.741. The summed E-state index contributed by atoms with van der Waals surface area (Å²) in [6.07, 6.45) is 8.23. The second kappa shape index (κ2) is 8.23. The first kappa shape index (κ1) is 15.3. The Labute approximate surface area is 119 Å². The molecule has 1 N–H and O–H groups in total. The van der Waals surface area contributed by atoms with E-state index in [1.54, 1.807) is 0 Å². The molecule has 2 rings (SSSR count). The zero-order valence-electron chi connectivity index (χ0n) is 13.0. The van der Waals surface area contributed by atoms with Gasteiger partial charge in [-0.2, -0.15) is 0 Å². The quantitative estimate of drug-likeness (QED) is 0.824. The molecule has 2 aliphatic rings. The second-order valence-electron chi connectivity index (χ2n) is 6.63. The Bertz CT molecular complexity index is 236. The standard InChI is InChI=1S/C16H33N3/c1-3-5-16-14-19(10-4-9-17-16)13-8-15-6-11-18(2)12-7-15/h15-17H,3-14H2,1-2H3. The van der Waals surface area contributed by atoms with Crippen LogP contribution in [0, 0.1) is 5.92 Å². The number of nitrogens with zero attached hydrogens (tertiary/aromatic N) is 2. The lowest BCUT2D eigenvalue weighted by Gasteiger charge is -2.31. The molecule has 2 fully saturated rings. The minimum atomic E-state index is 0.741. The molecule has 112 valence electrons. The average molecular weight is 267 g/mol. The molecule has 0 aliphatic carbocycles. The molecule has 0 aromatic heterocycles. The molecule has 0 radical (unpaired) electrons. The first-order valence-electron chi connectivity index (χ1n) is 8.42. The zero-order chi connectivity index (χ0) is 13.5. The van der Waals surface area contributed by atoms with Crippen molar-refractivity contribution in [1.29, 1.82) is 0 Å². The normalized spacial score (nSPS) is 28.4. The molecule has 1 unspecified atom stereocenters. The van der Waals surface area contributed by atoms with Crippen LogP contribution in [0.5, 0.6) is 0 Å². The van der Waals surface area contributed by atoms with Gasteiger partial charge in [0, 0.05) is 12.6 Å². The third kappa shape index (κ3) is 5.41. The third-order valence-electron chi connectivity index (χ3n) is 4.89. The van der Waals surface area contributed by atoms with Crippen LogP contribution in [0.4, 0.5) is 0 Å². The van der Waals surface area contributed by atoms with E-state index >= 15 is 0 Å². The maximum Gasteiger partial charge on any atom is 0.0194 e. The Morgan fingerprint density at radius 2 is 1.89 bits per heavy atom. The highest BCUT2D eigenvalue weighted by Crippen LogP contribution is 2.20. The van der Waals surface area contributed by atoms with Gasteiger partial charge in [-0.1, -0.05) is 13.3 Å². The highest BCUT2D eigenvalue weighted by Gasteiger charge is 2.20. The maximum absolute atomic E-state index is 3.71. The molecule has 0 spiro atoms. The lowest BCUT2D eigenvalue weighted by molar-refractivity contribution is 0.184. The summed E-state index contributed by atoms with van der Waals surface area (Å²) in [5.74, 6) is 0.983. The first-order chi connectivity index (χ1) is 9.28. The van der Waals surface area contributed by atoms with Crippen molar-refractivity contribution in [3.63, 3.8) is 0 Å². The van der Waals surface area contributed by atoms with E-state index < -0.39 is 0 Å². The summed E-state index contributed by atoms with van der Waals surface area (Å²) in [7, 11) is 2.26. The Morgan fingerprint density at radius 3 is 2.63 bits per heavy atom. The summed E-state index contributed by atoms with van der Waals surface area (Å²) in [6.45, 7) is 10.1. The lowest BCUT2D eigenvalue weighted by atomic mass is 9.93. The van der Waals surface area contributed by atoms with Gasteiger partial charge in [-0.3, -0.25) is 0 Å². The first-order valence-corrected chi connectivity index (χ1v) is 8.42. The number of rotatable bonds is 5. The Morgan fingerprint density at radius 1 is 1.11 bits per heavy atom. The summed E-state index contributed by atoms with van der Waals surface area (Å²) >= 11 is 0. The summed E-state index contributed by atoms with van der Waals surface area (Å²) in [5, 5.41) is 3.71. The largest absolute Gasteiger partial charge is 0.313 e. The summed E-state index contributed by atoms with van der Waals surface area (Å²) in [4.78, 5) is 5.20. The molecule has 1 atom stereocenters. The van der Waals surface area contributed by atoms with Gasteiger partial charge in [0.1, 0.15) is 0 Å². The molecule has 0 bridgehead atoms. The molecular weight excluding hydrogens is 234 g/mol. The predicted molar refractivity (Wildman–Crippen MR) is 82.6 cm³/mol. The number of nitrogens with one attached hydrogen (secondary N) is 1. The van der Waals surface area contributed by atoms with Crippen LogP contribution in [-0.4, -0.2) is 62.2 Å². The van der Waals surface area contributed by atoms with Crippen LogP contribution in [0.1, 0.15) is 45.4 Å². The monoisotopic (exact) mass is 267 g/mol. The van der Waals surface area contributed by atoms with Crippen molar-refractivity contribution < 1.29 is 0 Å². The van der Waals surface area contributed by atoms with E-state index in [-0.39, 0.29) is 0 Å². The van der Waals surface area contributed by atoms with Gasteiger partial charge >= 0.3 is 0 Å². The average Bonchev–Trinajstić information content (AvgIpc) is 2.64. The summed E-state index contributed by atoms with van der Waals surface area (Å²) < 4.78 is 0. The molecule has 0 aromatic rings. The molecule has 0 aromatic carbocycles. The van der Waals surface area contributed by atoms with Gasteiger partial charge in [0.25, 0.3) is 0 Å². The van der Waals surface area contributed by atoms with E-state index in [4.69, 9.17) is 0 Å². The third-order valence-corrected chi connectivity index (χ3v) is 4.89. The Balaban J connectivity index is 1.68. The number of hydrogen-bond donors (Lipinski definition) is 1. The highest BCUT2D eigenvalue weighted by molar-refractivity contribution is 4.78. The van der Waals surface area contributed by atoms with Crippen molar-refractivity contribution in [1.82, 2.24) is 15.1 Å². The fraction of sp³-hybridized carbons (Fsp3) is 1.00. The van der Waals surface area contributed by atoms with Crippen LogP contribution < -0.4 is 5.32 Å². The molecular formula is C16H33N3. The van der Waals surface area contributed by atoms with E-state index in [0.29, 0.717) is 0 Å². The van der Waals surface area contributed by atoms with E-state index in [2.05, 4.69) is 29.1 Å². The molecule has 2 saturated heterocycles. The number of likely N-dealkylation sites (tertiary alicyclic amines) is 1. The van der Waals surface area contributed by atoms with Crippen molar-refractivity contribution in [2.24, 2.45) is 5.92 Å². The van der Waals surface area contributed by atoms with Gasteiger partial charge in [-0.25, -0.2) is 0 Å². The zero-order valence-corrected chi connectivity index (χ0v) is 13.0. The fourth-order valence-electron chi connectivity index (χ4n) is 3.54. The van der Waals surface area contributed by atoms with Crippen LogP contribution in [-0.2, 0) is 0 Å². The molecule has 19 heavy (non-hydrogen) atoms. The lowest BCUT2D eigenvalue weighted by Crippen LogP contribution is -2.39. The van der Waals surface area contributed by atoms with E-state index in [9.17, 15) is 0 Å². The van der Waals surface area contributed by atoms with Crippen LogP contribution in [0.15, 0.2) is 0 Å². The smallest absolute Gasteiger partial charge is 0.0194 e. The van der Waals surface area contributed by atoms with Gasteiger partial charge < -0.3 is 15.1 Å². The molecule has 3 heteroatoms. The van der Waals surface area contributed by atoms with Crippen LogP contribution in [0.3, 0.4) is 0 Å². The predicted octanol–water partition coefficient (Wildman–Crippen LogP) is 2.18. The molecule has 0 saturated carbocycles. The molecule has 2 heterocycles. The second-order valence-corrected chi connectivity index (χ2v) is 6.63. The van der Waals surface area contributed by atoms with Crippen molar-refractivity contribution in [2.45, 2.75) is 51.5 Å². The van der Waals surface area contributed by atoms with Crippen molar-refractivity contribution in [2.75, 3.05) is 46.3 Å². The van der Waals surface area contributed by atoms with Gasteiger partial charge in [0.15, 0.2) is 0 Å². The van der Waals surface area contributed by atoms with Crippen LogP contribution in [0.25, 0.3) is 0 Å². The van der Waals surface area contributed by atoms with Gasteiger partial charge in [0.05, 0.1) is 0 Å². The van der Waals surface area contributed by atoms with Gasteiger partial charge in [0.2, 0.25) is 0 Å².